The fourth-order valence-electron chi connectivity index (χ4n) is 0.753. The second-order valence-electron chi connectivity index (χ2n) is 2.25. The van der Waals surface area contributed by atoms with Crippen LogP contribution < -0.4 is 0 Å². The van der Waals surface area contributed by atoms with Gasteiger partial charge in [-0.05, 0) is 41.7 Å². The van der Waals surface area contributed by atoms with E-state index in [1.54, 1.807) is 0 Å². The number of aldehydes is 1. The van der Waals surface area contributed by atoms with Crippen molar-refractivity contribution in [2.45, 2.75) is 0 Å². The van der Waals surface area contributed by atoms with Crippen LogP contribution in [0.4, 0.5) is 0 Å². The fourth-order valence-corrected chi connectivity index (χ4v) is 0.753. The van der Waals surface area contributed by atoms with Gasteiger partial charge in [-0.25, -0.2) is 0 Å². The molecule has 0 spiro atoms. The van der Waals surface area contributed by atoms with Gasteiger partial charge in [0.05, 0.1) is 0 Å². The van der Waals surface area contributed by atoms with Gasteiger partial charge in [0.15, 0.2) is 6.29 Å². The standard InChI is InChI=1S/C13H6O/c14-12-8-3-1-2-5-9-13-10-6-4-7-11-13/h4,6-7,10-12H. The van der Waals surface area contributed by atoms with E-state index in [1.165, 1.54) is 0 Å². The van der Waals surface area contributed by atoms with Crippen LogP contribution in [-0.2, 0) is 4.79 Å². The average Bonchev–Trinajstić information content (AvgIpc) is 2.25. The molecule has 0 bridgehead atoms. The van der Waals surface area contributed by atoms with Gasteiger partial charge in [0.25, 0.3) is 0 Å². The molecular formula is C13H6O. The summed E-state index contributed by atoms with van der Waals surface area (Å²) in [5.74, 6) is 15.0. The number of carbonyl (C=O) groups excluding carboxylic acids is 1. The van der Waals surface area contributed by atoms with E-state index in [4.69, 9.17) is 0 Å². The lowest BCUT2D eigenvalue weighted by molar-refractivity contribution is -0.103. The molecule has 0 saturated heterocycles. The lowest BCUT2D eigenvalue weighted by atomic mass is 10.2. The Morgan fingerprint density at radius 2 is 1.64 bits per heavy atom. The Hall–Kier alpha value is -2.43. The maximum Gasteiger partial charge on any atom is 0.193 e. The Balaban J connectivity index is 2.64. The largest absolute Gasteiger partial charge is 0.289 e. The Bertz CT molecular complexity index is 479. The summed E-state index contributed by atoms with van der Waals surface area (Å²) >= 11 is 0. The summed E-state index contributed by atoms with van der Waals surface area (Å²) in [5, 5.41) is 0. The van der Waals surface area contributed by atoms with Gasteiger partial charge in [-0.15, -0.1) is 0 Å². The predicted octanol–water partition coefficient (Wildman–Crippen LogP) is 1.24. The molecule has 0 aliphatic carbocycles. The van der Waals surface area contributed by atoms with Crippen molar-refractivity contribution in [2.24, 2.45) is 0 Å². The third kappa shape index (κ3) is 3.82. The highest BCUT2D eigenvalue weighted by Gasteiger charge is 1.78. The SMILES string of the molecule is O=CC#CC#CC#Cc1ccccc1. The summed E-state index contributed by atoms with van der Waals surface area (Å²) in [6.07, 6.45) is 0.499. The Morgan fingerprint density at radius 3 is 2.36 bits per heavy atom. The topological polar surface area (TPSA) is 17.1 Å². The predicted molar refractivity (Wildman–Crippen MR) is 54.9 cm³/mol. The van der Waals surface area contributed by atoms with Gasteiger partial charge in [0, 0.05) is 5.56 Å². The zero-order valence-electron chi connectivity index (χ0n) is 7.37. The number of rotatable bonds is 0. The Kier molecular flexibility index (Phi) is 4.23. The molecule has 0 N–H and O–H groups in total. The first-order chi connectivity index (χ1) is 6.93. The second-order valence-corrected chi connectivity index (χ2v) is 2.25. The normalized spacial score (nSPS) is 6.57. The van der Waals surface area contributed by atoms with Crippen molar-refractivity contribution in [3.8, 4) is 35.5 Å². The molecule has 64 valence electrons. The second kappa shape index (κ2) is 6.13. The minimum atomic E-state index is 0.499. The highest BCUT2D eigenvalue weighted by atomic mass is 16.1. The molecule has 1 rings (SSSR count). The van der Waals surface area contributed by atoms with Crippen molar-refractivity contribution >= 4 is 6.29 Å². The molecule has 0 aliphatic heterocycles. The van der Waals surface area contributed by atoms with E-state index in [2.05, 4.69) is 35.5 Å². The van der Waals surface area contributed by atoms with Crippen LogP contribution >= 0.6 is 0 Å². The maximum absolute atomic E-state index is 9.78. The summed E-state index contributed by atoms with van der Waals surface area (Å²) < 4.78 is 0. The van der Waals surface area contributed by atoms with Gasteiger partial charge in [-0.2, -0.15) is 0 Å². The lowest BCUT2D eigenvalue weighted by Crippen LogP contribution is -1.68. The van der Waals surface area contributed by atoms with Crippen molar-refractivity contribution in [1.82, 2.24) is 0 Å². The van der Waals surface area contributed by atoms with E-state index >= 15 is 0 Å². The highest BCUT2D eigenvalue weighted by molar-refractivity contribution is 5.73. The monoisotopic (exact) mass is 178 g/mol. The molecule has 0 aromatic heterocycles. The smallest absolute Gasteiger partial charge is 0.193 e. The van der Waals surface area contributed by atoms with Gasteiger partial charge >= 0.3 is 0 Å². The molecule has 14 heavy (non-hydrogen) atoms. The van der Waals surface area contributed by atoms with Crippen LogP contribution in [0.1, 0.15) is 5.56 Å². The molecular weight excluding hydrogens is 172 g/mol. The summed E-state index contributed by atoms with van der Waals surface area (Å²) in [7, 11) is 0. The van der Waals surface area contributed by atoms with Crippen molar-refractivity contribution in [3.05, 3.63) is 35.9 Å². The first kappa shape index (κ1) is 9.66. The van der Waals surface area contributed by atoms with Crippen LogP contribution in [0.5, 0.6) is 0 Å². The summed E-state index contributed by atoms with van der Waals surface area (Å²) in [6.45, 7) is 0. The molecule has 0 atom stereocenters. The molecule has 0 radical (unpaired) electrons. The van der Waals surface area contributed by atoms with E-state index < -0.39 is 0 Å². The lowest BCUT2D eigenvalue weighted by Gasteiger charge is -1.83. The van der Waals surface area contributed by atoms with Crippen molar-refractivity contribution in [2.75, 3.05) is 0 Å². The van der Waals surface area contributed by atoms with Crippen LogP contribution in [0.2, 0.25) is 0 Å². The molecule has 1 nitrogen and oxygen atoms in total. The van der Waals surface area contributed by atoms with E-state index in [0.717, 1.165) is 5.56 Å². The molecule has 1 aromatic rings. The van der Waals surface area contributed by atoms with Crippen LogP contribution in [0.15, 0.2) is 30.3 Å². The van der Waals surface area contributed by atoms with Gasteiger partial charge in [0.1, 0.15) is 0 Å². The van der Waals surface area contributed by atoms with E-state index in [0.29, 0.717) is 6.29 Å². The number of hydrogen-bond acceptors (Lipinski definition) is 1. The maximum atomic E-state index is 9.78. The minimum absolute atomic E-state index is 0.499. The molecule has 0 unspecified atom stereocenters. The van der Waals surface area contributed by atoms with Crippen LogP contribution in [-0.4, -0.2) is 6.29 Å². The first-order valence-corrected chi connectivity index (χ1v) is 3.94. The van der Waals surface area contributed by atoms with Crippen molar-refractivity contribution in [3.63, 3.8) is 0 Å². The molecule has 0 heterocycles. The number of carbonyl (C=O) groups is 1. The van der Waals surface area contributed by atoms with Crippen molar-refractivity contribution < 1.29 is 4.79 Å². The third-order valence-corrected chi connectivity index (χ3v) is 1.30. The van der Waals surface area contributed by atoms with Crippen LogP contribution in [0, 0.1) is 35.5 Å². The van der Waals surface area contributed by atoms with E-state index in [1.807, 2.05) is 30.3 Å². The highest BCUT2D eigenvalue weighted by Crippen LogP contribution is 1.93. The molecule has 0 amide bonds. The van der Waals surface area contributed by atoms with Crippen molar-refractivity contribution in [1.29, 1.82) is 0 Å². The van der Waals surface area contributed by atoms with E-state index in [9.17, 15) is 4.79 Å². The average molecular weight is 178 g/mol. The molecule has 1 aromatic carbocycles. The summed E-state index contributed by atoms with van der Waals surface area (Å²) in [6, 6.07) is 9.53. The van der Waals surface area contributed by atoms with E-state index in [-0.39, 0.29) is 0 Å². The van der Waals surface area contributed by atoms with Gasteiger partial charge < -0.3 is 0 Å². The number of hydrogen-bond donors (Lipinski definition) is 0. The van der Waals surface area contributed by atoms with Crippen LogP contribution in [0.25, 0.3) is 0 Å². The molecule has 1 heteroatoms. The Morgan fingerprint density at radius 1 is 0.929 bits per heavy atom. The molecule has 0 aliphatic rings. The van der Waals surface area contributed by atoms with Crippen LogP contribution in [0.3, 0.4) is 0 Å². The summed E-state index contributed by atoms with van der Waals surface area (Å²) in [4.78, 5) is 9.78. The van der Waals surface area contributed by atoms with Gasteiger partial charge in [-0.1, -0.05) is 24.1 Å². The van der Waals surface area contributed by atoms with Gasteiger partial charge in [-0.3, -0.25) is 4.79 Å². The first-order valence-electron chi connectivity index (χ1n) is 3.94. The fraction of sp³-hybridized carbons (Fsp3) is 0. The third-order valence-electron chi connectivity index (χ3n) is 1.30. The van der Waals surface area contributed by atoms with Gasteiger partial charge in [0.2, 0.25) is 0 Å². The molecule has 0 fully saturated rings. The number of benzene rings is 1. The quantitative estimate of drug-likeness (QED) is 0.431. The molecule has 0 saturated carbocycles. The minimum Gasteiger partial charge on any atom is -0.289 e. The Labute approximate surface area is 83.1 Å². The summed E-state index contributed by atoms with van der Waals surface area (Å²) in [5.41, 5.74) is 0.908. The zero-order chi connectivity index (χ0) is 10.1. The zero-order valence-corrected chi connectivity index (χ0v) is 7.37.